The molecule has 3 N–H and O–H groups in total. The number of hydrogen-bond acceptors (Lipinski definition) is 3. The van der Waals surface area contributed by atoms with E-state index in [0.29, 0.717) is 0 Å². The lowest BCUT2D eigenvalue weighted by Gasteiger charge is -2.11. The average molecular weight is 125 g/mol. The van der Waals surface area contributed by atoms with Crippen LogP contribution in [0.4, 0.5) is 0 Å². The molecule has 0 amide bonds. The Bertz CT molecular complexity index is 148. The molecule has 0 bridgehead atoms. The van der Waals surface area contributed by atoms with E-state index in [-0.39, 0.29) is 12.1 Å². The maximum absolute atomic E-state index is 5.57. The summed E-state index contributed by atoms with van der Waals surface area (Å²) in [4.78, 5) is 4.06. The summed E-state index contributed by atoms with van der Waals surface area (Å²) in [6.07, 6.45) is 1.64. The highest BCUT2D eigenvalue weighted by Gasteiger charge is 2.18. The predicted molar refractivity (Wildman–Crippen MR) is 38.2 cm³/mol. The number of aliphatic imine (C=N–C) groups is 1. The van der Waals surface area contributed by atoms with E-state index in [9.17, 15) is 0 Å². The molecule has 0 radical (unpaired) electrons. The zero-order valence-electron chi connectivity index (χ0n) is 5.46. The van der Waals surface area contributed by atoms with Gasteiger partial charge in [-0.25, -0.2) is 0 Å². The van der Waals surface area contributed by atoms with Crippen LogP contribution < -0.4 is 11.1 Å². The van der Waals surface area contributed by atoms with Crippen molar-refractivity contribution in [2.45, 2.75) is 19.0 Å². The van der Waals surface area contributed by atoms with E-state index in [1.165, 1.54) is 0 Å². The van der Waals surface area contributed by atoms with Gasteiger partial charge in [0, 0.05) is 11.7 Å². The first kappa shape index (κ1) is 6.29. The molecule has 0 aromatic rings. The van der Waals surface area contributed by atoms with Gasteiger partial charge >= 0.3 is 0 Å². The fraction of sp³-hybridized carbons (Fsp3) is 0.500. The SMILES string of the molecule is C=C1NC=NC1C(C)N. The monoisotopic (exact) mass is 125 g/mol. The summed E-state index contributed by atoms with van der Waals surface area (Å²) in [6.45, 7) is 5.66. The van der Waals surface area contributed by atoms with Crippen LogP contribution in [0.1, 0.15) is 6.92 Å². The maximum Gasteiger partial charge on any atom is 0.106 e. The third-order valence-corrected chi connectivity index (χ3v) is 1.34. The first-order chi connectivity index (χ1) is 4.22. The minimum Gasteiger partial charge on any atom is -0.349 e. The highest BCUT2D eigenvalue weighted by molar-refractivity contribution is 5.62. The van der Waals surface area contributed by atoms with E-state index < -0.39 is 0 Å². The van der Waals surface area contributed by atoms with Crippen molar-refractivity contribution in [1.29, 1.82) is 0 Å². The van der Waals surface area contributed by atoms with Gasteiger partial charge in [0.15, 0.2) is 0 Å². The first-order valence-corrected chi connectivity index (χ1v) is 2.94. The highest BCUT2D eigenvalue weighted by atomic mass is 15.1. The highest BCUT2D eigenvalue weighted by Crippen LogP contribution is 2.07. The van der Waals surface area contributed by atoms with Crippen LogP contribution in [-0.4, -0.2) is 18.4 Å². The minimum atomic E-state index is 0.0590. The van der Waals surface area contributed by atoms with Gasteiger partial charge in [-0.2, -0.15) is 0 Å². The molecule has 0 aliphatic carbocycles. The van der Waals surface area contributed by atoms with E-state index in [0.717, 1.165) is 5.70 Å². The molecule has 3 nitrogen and oxygen atoms in total. The van der Waals surface area contributed by atoms with Gasteiger partial charge in [0.25, 0.3) is 0 Å². The van der Waals surface area contributed by atoms with E-state index in [4.69, 9.17) is 5.73 Å². The summed E-state index contributed by atoms with van der Waals surface area (Å²) in [6, 6.07) is 0.133. The van der Waals surface area contributed by atoms with Crippen molar-refractivity contribution in [3.05, 3.63) is 12.3 Å². The number of nitrogens with one attached hydrogen (secondary N) is 1. The topological polar surface area (TPSA) is 50.4 Å². The van der Waals surface area contributed by atoms with Gasteiger partial charge in [0.05, 0.1) is 6.34 Å². The van der Waals surface area contributed by atoms with Crippen molar-refractivity contribution in [1.82, 2.24) is 5.32 Å². The molecular formula is C6H11N3. The number of nitrogens with two attached hydrogens (primary N) is 1. The third kappa shape index (κ3) is 1.10. The van der Waals surface area contributed by atoms with Crippen molar-refractivity contribution in [2.75, 3.05) is 0 Å². The minimum absolute atomic E-state index is 0.0590. The Morgan fingerprint density at radius 2 is 2.67 bits per heavy atom. The third-order valence-electron chi connectivity index (χ3n) is 1.34. The molecule has 0 aromatic heterocycles. The Morgan fingerprint density at radius 1 is 2.00 bits per heavy atom. The molecule has 1 aliphatic heterocycles. The van der Waals surface area contributed by atoms with Crippen LogP contribution in [0.5, 0.6) is 0 Å². The summed E-state index contributed by atoms with van der Waals surface area (Å²) in [7, 11) is 0. The van der Waals surface area contributed by atoms with Crippen molar-refractivity contribution >= 4 is 6.34 Å². The number of nitrogens with zero attached hydrogens (tertiary/aromatic N) is 1. The smallest absolute Gasteiger partial charge is 0.106 e. The fourth-order valence-corrected chi connectivity index (χ4v) is 0.829. The Kier molecular flexibility index (Phi) is 1.53. The molecule has 0 aromatic carbocycles. The average Bonchev–Trinajstić information content (AvgIpc) is 2.13. The summed E-state index contributed by atoms with van der Waals surface area (Å²) in [5.41, 5.74) is 6.47. The molecule has 0 spiro atoms. The van der Waals surface area contributed by atoms with Crippen LogP contribution in [0.15, 0.2) is 17.3 Å². The van der Waals surface area contributed by atoms with Gasteiger partial charge in [-0.3, -0.25) is 4.99 Å². The van der Waals surface area contributed by atoms with Crippen LogP contribution in [0.2, 0.25) is 0 Å². The van der Waals surface area contributed by atoms with Crippen molar-refractivity contribution in [3.8, 4) is 0 Å². The lowest BCUT2D eigenvalue weighted by Crippen LogP contribution is -2.31. The van der Waals surface area contributed by atoms with Gasteiger partial charge in [-0.1, -0.05) is 6.58 Å². The van der Waals surface area contributed by atoms with Gasteiger partial charge in [0.1, 0.15) is 6.04 Å². The van der Waals surface area contributed by atoms with Gasteiger partial charge in [-0.05, 0) is 6.92 Å². The van der Waals surface area contributed by atoms with Crippen molar-refractivity contribution < 1.29 is 0 Å². The number of hydrogen-bond donors (Lipinski definition) is 2. The Labute approximate surface area is 54.7 Å². The first-order valence-electron chi connectivity index (χ1n) is 2.94. The second-order valence-corrected chi connectivity index (χ2v) is 2.25. The molecule has 0 saturated heterocycles. The van der Waals surface area contributed by atoms with Crippen LogP contribution in [0.3, 0.4) is 0 Å². The lowest BCUT2D eigenvalue weighted by atomic mass is 10.1. The largest absolute Gasteiger partial charge is 0.349 e. The van der Waals surface area contributed by atoms with Gasteiger partial charge in [0.2, 0.25) is 0 Å². The standard InChI is InChI=1S/C6H11N3/c1-4(7)6-5(2)8-3-9-6/h3-4,6H,2,7H2,1H3,(H,8,9). The summed E-state index contributed by atoms with van der Waals surface area (Å²) in [5.74, 6) is 0. The summed E-state index contributed by atoms with van der Waals surface area (Å²) in [5, 5.41) is 2.88. The summed E-state index contributed by atoms with van der Waals surface area (Å²) < 4.78 is 0. The van der Waals surface area contributed by atoms with Crippen LogP contribution in [0.25, 0.3) is 0 Å². The molecular weight excluding hydrogens is 114 g/mol. The predicted octanol–water partition coefficient (Wildman–Crippen LogP) is -0.153. The zero-order valence-corrected chi connectivity index (χ0v) is 5.46. The van der Waals surface area contributed by atoms with E-state index in [1.807, 2.05) is 6.92 Å². The van der Waals surface area contributed by atoms with E-state index in [2.05, 4.69) is 16.9 Å². The number of rotatable bonds is 1. The molecule has 3 heteroatoms. The van der Waals surface area contributed by atoms with Gasteiger partial charge in [-0.15, -0.1) is 0 Å². The fourth-order valence-electron chi connectivity index (χ4n) is 0.829. The zero-order chi connectivity index (χ0) is 6.85. The molecule has 0 saturated carbocycles. The van der Waals surface area contributed by atoms with Crippen LogP contribution >= 0.6 is 0 Å². The molecule has 1 heterocycles. The quantitative estimate of drug-likeness (QED) is 0.512. The summed E-state index contributed by atoms with van der Waals surface area (Å²) >= 11 is 0. The second kappa shape index (κ2) is 2.19. The normalized spacial score (nSPS) is 28.2. The van der Waals surface area contributed by atoms with E-state index in [1.54, 1.807) is 6.34 Å². The van der Waals surface area contributed by atoms with Gasteiger partial charge < -0.3 is 11.1 Å². The molecule has 50 valence electrons. The van der Waals surface area contributed by atoms with Crippen LogP contribution in [-0.2, 0) is 0 Å². The lowest BCUT2D eigenvalue weighted by molar-refractivity contribution is 0.634. The van der Waals surface area contributed by atoms with Crippen molar-refractivity contribution in [3.63, 3.8) is 0 Å². The molecule has 1 aliphatic rings. The molecule has 0 fully saturated rings. The Balaban J connectivity index is 2.59. The van der Waals surface area contributed by atoms with Crippen molar-refractivity contribution in [2.24, 2.45) is 10.7 Å². The van der Waals surface area contributed by atoms with E-state index >= 15 is 0 Å². The second-order valence-electron chi connectivity index (χ2n) is 2.25. The maximum atomic E-state index is 5.57. The Hall–Kier alpha value is -0.830. The molecule has 2 atom stereocenters. The molecule has 2 unspecified atom stereocenters. The molecule has 1 rings (SSSR count). The molecule has 9 heavy (non-hydrogen) atoms. The van der Waals surface area contributed by atoms with Crippen LogP contribution in [0, 0.1) is 0 Å². The Morgan fingerprint density at radius 3 is 2.89 bits per heavy atom.